The van der Waals surface area contributed by atoms with E-state index in [0.29, 0.717) is 19.5 Å². The predicted molar refractivity (Wildman–Crippen MR) is 109 cm³/mol. The average molecular weight is 384 g/mol. The van der Waals surface area contributed by atoms with Crippen molar-refractivity contribution in [2.45, 2.75) is 52.6 Å². The second-order valence-corrected chi connectivity index (χ2v) is 7.03. The van der Waals surface area contributed by atoms with Crippen LogP contribution in [0.5, 0.6) is 0 Å². The van der Waals surface area contributed by atoms with Gasteiger partial charge in [-0.1, -0.05) is 55.8 Å². The number of carbonyl (C=O) groups excluding carboxylic acids is 2. The molecule has 150 valence electrons. The Kier molecular flexibility index (Phi) is 8.18. The Morgan fingerprint density at radius 2 is 1.61 bits per heavy atom. The Balaban J connectivity index is 2.24. The maximum Gasteiger partial charge on any atom is 0.242 e. The highest BCUT2D eigenvalue weighted by molar-refractivity contribution is 5.88. The number of carbonyl (C=O) groups is 2. The van der Waals surface area contributed by atoms with Gasteiger partial charge in [0.05, 0.1) is 6.42 Å². The Labute approximate surface area is 166 Å². The van der Waals surface area contributed by atoms with Gasteiger partial charge in [-0.3, -0.25) is 9.59 Å². The van der Waals surface area contributed by atoms with Gasteiger partial charge in [-0.2, -0.15) is 0 Å². The van der Waals surface area contributed by atoms with Crippen molar-refractivity contribution in [3.05, 3.63) is 71.0 Å². The second kappa shape index (κ2) is 10.6. The molecular weight excluding hydrogens is 355 g/mol. The third kappa shape index (κ3) is 6.19. The summed E-state index contributed by atoms with van der Waals surface area (Å²) >= 11 is 0. The fourth-order valence-corrected chi connectivity index (χ4v) is 3.05. The van der Waals surface area contributed by atoms with Crippen LogP contribution in [0.1, 0.15) is 43.4 Å². The number of benzene rings is 2. The van der Waals surface area contributed by atoms with E-state index < -0.39 is 6.04 Å². The van der Waals surface area contributed by atoms with Crippen molar-refractivity contribution in [3.63, 3.8) is 0 Å². The van der Waals surface area contributed by atoms with E-state index in [4.69, 9.17) is 0 Å². The first kappa shape index (κ1) is 21.6. The fraction of sp³-hybridized carbons (Fsp3) is 0.391. The number of nitrogens with zero attached hydrogens (tertiary/aromatic N) is 1. The average Bonchev–Trinajstić information content (AvgIpc) is 2.69. The van der Waals surface area contributed by atoms with Crippen LogP contribution in [0, 0.1) is 12.7 Å². The molecular formula is C23H29FN2O2. The summed E-state index contributed by atoms with van der Waals surface area (Å²) in [4.78, 5) is 27.4. The highest BCUT2D eigenvalue weighted by Gasteiger charge is 2.28. The maximum absolute atomic E-state index is 13.2. The quantitative estimate of drug-likeness (QED) is 0.710. The van der Waals surface area contributed by atoms with Gasteiger partial charge >= 0.3 is 0 Å². The van der Waals surface area contributed by atoms with Crippen molar-refractivity contribution in [2.75, 3.05) is 6.54 Å². The minimum absolute atomic E-state index is 0.129. The number of rotatable bonds is 9. The minimum atomic E-state index is -0.541. The van der Waals surface area contributed by atoms with Gasteiger partial charge in [-0.15, -0.1) is 0 Å². The van der Waals surface area contributed by atoms with E-state index in [1.54, 1.807) is 17.0 Å². The van der Waals surface area contributed by atoms with E-state index in [0.717, 1.165) is 23.1 Å². The molecule has 1 N–H and O–H groups in total. The maximum atomic E-state index is 13.2. The van der Waals surface area contributed by atoms with Crippen LogP contribution in [0.25, 0.3) is 0 Å². The Hall–Kier alpha value is -2.69. The lowest BCUT2D eigenvalue weighted by atomic mass is 10.1. The van der Waals surface area contributed by atoms with E-state index in [1.807, 2.05) is 45.0 Å². The smallest absolute Gasteiger partial charge is 0.242 e. The lowest BCUT2D eigenvalue weighted by Crippen LogP contribution is -2.49. The second-order valence-electron chi connectivity index (χ2n) is 7.03. The first-order valence-corrected chi connectivity index (χ1v) is 9.81. The van der Waals surface area contributed by atoms with Crippen LogP contribution in [0.15, 0.2) is 48.5 Å². The summed E-state index contributed by atoms with van der Waals surface area (Å²) in [5, 5.41) is 2.90. The molecule has 2 aromatic carbocycles. The Morgan fingerprint density at radius 3 is 2.18 bits per heavy atom. The molecule has 5 heteroatoms. The lowest BCUT2D eigenvalue weighted by molar-refractivity contribution is -0.140. The van der Waals surface area contributed by atoms with Gasteiger partial charge in [-0.05, 0) is 43.0 Å². The largest absolute Gasteiger partial charge is 0.354 e. The highest BCUT2D eigenvalue weighted by Crippen LogP contribution is 2.15. The minimum Gasteiger partial charge on any atom is -0.354 e. The molecule has 0 bridgehead atoms. The summed E-state index contributed by atoms with van der Waals surface area (Å²) in [5.74, 6) is -0.618. The van der Waals surface area contributed by atoms with Gasteiger partial charge in [0.1, 0.15) is 11.9 Å². The molecule has 0 heterocycles. The van der Waals surface area contributed by atoms with Crippen LogP contribution < -0.4 is 5.32 Å². The van der Waals surface area contributed by atoms with Crippen LogP contribution in [0.2, 0.25) is 0 Å². The number of aryl methyl sites for hydroxylation is 1. The Morgan fingerprint density at radius 1 is 1.00 bits per heavy atom. The molecule has 1 atom stereocenters. The molecule has 0 radical (unpaired) electrons. The molecule has 0 aliphatic heterocycles. The van der Waals surface area contributed by atoms with Crippen molar-refractivity contribution in [1.29, 1.82) is 0 Å². The summed E-state index contributed by atoms with van der Waals surface area (Å²) in [6.07, 6.45) is 1.49. The van der Waals surface area contributed by atoms with E-state index in [2.05, 4.69) is 5.32 Å². The van der Waals surface area contributed by atoms with Gasteiger partial charge < -0.3 is 10.2 Å². The van der Waals surface area contributed by atoms with Crippen molar-refractivity contribution >= 4 is 11.8 Å². The first-order valence-electron chi connectivity index (χ1n) is 9.81. The summed E-state index contributed by atoms with van der Waals surface area (Å²) < 4.78 is 13.2. The zero-order valence-electron chi connectivity index (χ0n) is 16.9. The SMILES string of the molecule is CCCNC(=O)[C@@H](CC)N(Cc1ccc(C)cc1)C(=O)Cc1ccc(F)cc1. The van der Waals surface area contributed by atoms with Crippen LogP contribution in [-0.4, -0.2) is 29.3 Å². The first-order chi connectivity index (χ1) is 13.4. The summed E-state index contributed by atoms with van der Waals surface area (Å²) in [6, 6.07) is 13.3. The zero-order valence-corrected chi connectivity index (χ0v) is 16.9. The molecule has 0 aliphatic rings. The highest BCUT2D eigenvalue weighted by atomic mass is 19.1. The molecule has 28 heavy (non-hydrogen) atoms. The number of halogens is 1. The molecule has 0 aliphatic carbocycles. The standard InChI is InChI=1S/C23H29FN2O2/c1-4-14-25-23(28)21(5-2)26(16-19-8-6-17(3)7-9-19)22(27)15-18-10-12-20(24)13-11-18/h6-13,21H,4-5,14-16H2,1-3H3,(H,25,28)/t21-/m1/s1. The van der Waals surface area contributed by atoms with E-state index in [-0.39, 0.29) is 24.1 Å². The van der Waals surface area contributed by atoms with Crippen molar-refractivity contribution in [2.24, 2.45) is 0 Å². The van der Waals surface area contributed by atoms with Crippen LogP contribution in [-0.2, 0) is 22.6 Å². The van der Waals surface area contributed by atoms with Crippen LogP contribution >= 0.6 is 0 Å². The van der Waals surface area contributed by atoms with Crippen LogP contribution in [0.4, 0.5) is 4.39 Å². The number of nitrogens with one attached hydrogen (secondary N) is 1. The number of amides is 2. The monoisotopic (exact) mass is 384 g/mol. The van der Waals surface area contributed by atoms with Crippen molar-refractivity contribution in [1.82, 2.24) is 10.2 Å². The van der Waals surface area contributed by atoms with Crippen LogP contribution in [0.3, 0.4) is 0 Å². The molecule has 2 amide bonds. The molecule has 0 saturated carbocycles. The predicted octanol–water partition coefficient (Wildman–Crippen LogP) is 4.01. The third-order valence-corrected chi connectivity index (χ3v) is 4.68. The lowest BCUT2D eigenvalue weighted by Gasteiger charge is -2.31. The van der Waals surface area contributed by atoms with Gasteiger partial charge in [-0.25, -0.2) is 4.39 Å². The summed E-state index contributed by atoms with van der Waals surface area (Å²) in [5.41, 5.74) is 2.84. The normalized spacial score (nSPS) is 11.7. The fourth-order valence-electron chi connectivity index (χ4n) is 3.05. The molecule has 4 nitrogen and oxygen atoms in total. The van der Waals surface area contributed by atoms with Crippen molar-refractivity contribution < 1.29 is 14.0 Å². The van der Waals surface area contributed by atoms with E-state index >= 15 is 0 Å². The zero-order chi connectivity index (χ0) is 20.5. The molecule has 0 aromatic heterocycles. The van der Waals surface area contributed by atoms with E-state index in [1.165, 1.54) is 12.1 Å². The molecule has 2 rings (SSSR count). The number of hydrogen-bond acceptors (Lipinski definition) is 2. The summed E-state index contributed by atoms with van der Waals surface area (Å²) in [6.45, 7) is 6.85. The van der Waals surface area contributed by atoms with E-state index in [9.17, 15) is 14.0 Å². The molecule has 0 spiro atoms. The summed E-state index contributed by atoms with van der Waals surface area (Å²) in [7, 11) is 0. The molecule has 0 unspecified atom stereocenters. The topological polar surface area (TPSA) is 49.4 Å². The third-order valence-electron chi connectivity index (χ3n) is 4.68. The van der Waals surface area contributed by atoms with Crippen molar-refractivity contribution in [3.8, 4) is 0 Å². The van der Waals surface area contributed by atoms with Gasteiger partial charge in [0.2, 0.25) is 11.8 Å². The number of hydrogen-bond donors (Lipinski definition) is 1. The van der Waals surface area contributed by atoms with Gasteiger partial charge in [0.25, 0.3) is 0 Å². The molecule has 0 saturated heterocycles. The van der Waals surface area contributed by atoms with Gasteiger partial charge in [0.15, 0.2) is 0 Å². The van der Waals surface area contributed by atoms with Gasteiger partial charge in [0, 0.05) is 13.1 Å². The molecule has 0 fully saturated rings. The Bertz CT molecular complexity index is 772. The molecule has 2 aromatic rings.